The van der Waals surface area contributed by atoms with Crippen LogP contribution in [0.2, 0.25) is 0 Å². The average Bonchev–Trinajstić information content (AvgIpc) is 2.29. The number of hydrogen-bond donors (Lipinski definition) is 1. The van der Waals surface area contributed by atoms with Crippen molar-refractivity contribution in [1.82, 2.24) is 9.80 Å². The zero-order chi connectivity index (χ0) is 11.3. The van der Waals surface area contributed by atoms with Crippen molar-refractivity contribution in [3.63, 3.8) is 0 Å². The fourth-order valence-electron chi connectivity index (χ4n) is 1.91. The highest BCUT2D eigenvalue weighted by Crippen LogP contribution is 2.07. The van der Waals surface area contributed by atoms with E-state index in [1.165, 1.54) is 0 Å². The first kappa shape index (κ1) is 12.4. The lowest BCUT2D eigenvalue weighted by Crippen LogP contribution is -2.50. The molecule has 1 aliphatic rings. The Labute approximate surface area is 92.1 Å². The Hall–Kier alpha value is -0.630. The van der Waals surface area contributed by atoms with Gasteiger partial charge in [-0.2, -0.15) is 5.26 Å². The summed E-state index contributed by atoms with van der Waals surface area (Å²) in [4.78, 5) is 4.57. The van der Waals surface area contributed by atoms with Gasteiger partial charge in [0.05, 0.1) is 12.1 Å². The quantitative estimate of drug-likeness (QED) is 0.719. The minimum atomic E-state index is 0.0300. The van der Waals surface area contributed by atoms with Crippen LogP contribution in [0.3, 0.4) is 0 Å². The van der Waals surface area contributed by atoms with E-state index in [0.717, 1.165) is 32.7 Å². The van der Waals surface area contributed by atoms with E-state index >= 15 is 0 Å². The maximum atomic E-state index is 8.96. The highest BCUT2D eigenvalue weighted by Gasteiger charge is 2.21. The number of rotatable bonds is 4. The molecular formula is C11H21N3O. The summed E-state index contributed by atoms with van der Waals surface area (Å²) in [6.07, 6.45) is 0. The van der Waals surface area contributed by atoms with Crippen LogP contribution in [-0.4, -0.2) is 60.3 Å². The zero-order valence-electron chi connectivity index (χ0n) is 9.69. The maximum Gasteiger partial charge on any atom is 0.0950 e. The van der Waals surface area contributed by atoms with Crippen LogP contribution in [0.25, 0.3) is 0 Å². The molecule has 1 heterocycles. The van der Waals surface area contributed by atoms with Gasteiger partial charge in [-0.25, -0.2) is 0 Å². The molecule has 1 rings (SSSR count). The third-order valence-corrected chi connectivity index (χ3v) is 3.02. The molecule has 4 nitrogen and oxygen atoms in total. The molecule has 1 fully saturated rings. The monoisotopic (exact) mass is 211 g/mol. The molecule has 2 unspecified atom stereocenters. The third kappa shape index (κ3) is 3.78. The molecule has 2 atom stereocenters. The van der Waals surface area contributed by atoms with Crippen LogP contribution < -0.4 is 0 Å². The van der Waals surface area contributed by atoms with Crippen LogP contribution in [0.1, 0.15) is 13.8 Å². The first-order chi connectivity index (χ1) is 7.17. The number of aliphatic hydroxyl groups excluding tert-OH is 1. The summed E-state index contributed by atoms with van der Waals surface area (Å²) in [5.41, 5.74) is 0. The van der Waals surface area contributed by atoms with Crippen molar-refractivity contribution in [1.29, 1.82) is 5.26 Å². The molecular weight excluding hydrogens is 190 g/mol. The largest absolute Gasteiger partial charge is 0.396 e. The van der Waals surface area contributed by atoms with E-state index in [2.05, 4.69) is 22.8 Å². The second kappa shape index (κ2) is 6.06. The molecule has 0 bridgehead atoms. The topological polar surface area (TPSA) is 50.5 Å². The van der Waals surface area contributed by atoms with Gasteiger partial charge in [-0.15, -0.1) is 0 Å². The summed E-state index contributed by atoms with van der Waals surface area (Å²) in [6.45, 7) is 9.18. The van der Waals surface area contributed by atoms with Crippen molar-refractivity contribution >= 4 is 0 Å². The van der Waals surface area contributed by atoms with Gasteiger partial charge in [0.15, 0.2) is 0 Å². The summed E-state index contributed by atoms with van der Waals surface area (Å²) in [5, 5.41) is 17.8. The van der Waals surface area contributed by atoms with Gasteiger partial charge in [0.1, 0.15) is 0 Å². The predicted octanol–water partition coefficient (Wildman–Crippen LogP) is 0.144. The lowest BCUT2D eigenvalue weighted by molar-refractivity contribution is 0.0959. The smallest absolute Gasteiger partial charge is 0.0950 e. The molecule has 1 N–H and O–H groups in total. The minimum absolute atomic E-state index is 0.0300. The second-order valence-corrected chi connectivity index (χ2v) is 4.43. The first-order valence-corrected chi connectivity index (χ1v) is 5.64. The van der Waals surface area contributed by atoms with Crippen molar-refractivity contribution in [2.24, 2.45) is 5.92 Å². The molecule has 86 valence electrons. The van der Waals surface area contributed by atoms with Crippen LogP contribution in [0.4, 0.5) is 0 Å². The fraction of sp³-hybridized carbons (Fsp3) is 0.909. The Bertz CT molecular complexity index is 218. The van der Waals surface area contributed by atoms with E-state index < -0.39 is 0 Å². The normalized spacial score (nSPS) is 23.3. The average molecular weight is 211 g/mol. The van der Waals surface area contributed by atoms with Crippen LogP contribution >= 0.6 is 0 Å². The van der Waals surface area contributed by atoms with E-state index in [0.29, 0.717) is 5.92 Å². The van der Waals surface area contributed by atoms with Gasteiger partial charge in [-0.1, -0.05) is 6.92 Å². The van der Waals surface area contributed by atoms with Gasteiger partial charge in [-0.3, -0.25) is 4.90 Å². The maximum absolute atomic E-state index is 8.96. The third-order valence-electron chi connectivity index (χ3n) is 3.02. The molecule has 0 aliphatic carbocycles. The standard InChI is InChI=1S/C11H21N3O/c1-10(9-15)8-13-3-5-14(6-4-13)11(2)7-12/h10-11,15H,3-6,8-9H2,1-2H3. The van der Waals surface area contributed by atoms with Crippen LogP contribution in [0.5, 0.6) is 0 Å². The number of aliphatic hydroxyl groups is 1. The molecule has 4 heteroatoms. The summed E-state index contributed by atoms with van der Waals surface area (Å²) in [7, 11) is 0. The first-order valence-electron chi connectivity index (χ1n) is 5.64. The Morgan fingerprint density at radius 1 is 1.27 bits per heavy atom. The lowest BCUT2D eigenvalue weighted by atomic mass is 10.1. The fourth-order valence-corrected chi connectivity index (χ4v) is 1.91. The summed E-state index contributed by atoms with van der Waals surface area (Å²) in [6, 6.07) is 2.30. The van der Waals surface area contributed by atoms with Gasteiger partial charge < -0.3 is 10.0 Å². The molecule has 1 aliphatic heterocycles. The minimum Gasteiger partial charge on any atom is -0.396 e. The highest BCUT2D eigenvalue weighted by molar-refractivity contribution is 4.90. The highest BCUT2D eigenvalue weighted by atomic mass is 16.3. The molecule has 0 aromatic carbocycles. The SMILES string of the molecule is CC(CO)CN1CCN(C(C)C#N)CC1. The summed E-state index contributed by atoms with van der Waals surface area (Å²) in [5.74, 6) is 0.352. The van der Waals surface area contributed by atoms with Gasteiger partial charge in [0.2, 0.25) is 0 Å². The number of nitrogens with zero attached hydrogens (tertiary/aromatic N) is 3. The molecule has 0 aromatic rings. The lowest BCUT2D eigenvalue weighted by Gasteiger charge is -2.36. The Morgan fingerprint density at radius 2 is 1.87 bits per heavy atom. The van der Waals surface area contributed by atoms with Gasteiger partial charge in [0.25, 0.3) is 0 Å². The summed E-state index contributed by atoms with van der Waals surface area (Å²) >= 11 is 0. The predicted molar refractivity (Wildman–Crippen MR) is 59.3 cm³/mol. The van der Waals surface area contributed by atoms with Gasteiger partial charge in [-0.05, 0) is 12.8 Å². The van der Waals surface area contributed by atoms with Gasteiger partial charge >= 0.3 is 0 Å². The number of nitriles is 1. The Kier molecular flexibility index (Phi) is 5.03. The van der Waals surface area contributed by atoms with Crippen LogP contribution in [0, 0.1) is 17.2 Å². The van der Waals surface area contributed by atoms with Crippen molar-refractivity contribution in [2.45, 2.75) is 19.9 Å². The Morgan fingerprint density at radius 3 is 2.33 bits per heavy atom. The molecule has 0 radical (unpaired) electrons. The molecule has 0 saturated carbocycles. The van der Waals surface area contributed by atoms with E-state index in [1.807, 2.05) is 6.92 Å². The number of piperazine rings is 1. The van der Waals surface area contributed by atoms with E-state index in [-0.39, 0.29) is 12.6 Å². The second-order valence-electron chi connectivity index (χ2n) is 4.43. The van der Waals surface area contributed by atoms with Crippen molar-refractivity contribution in [2.75, 3.05) is 39.3 Å². The molecule has 0 aromatic heterocycles. The van der Waals surface area contributed by atoms with Crippen LogP contribution in [0.15, 0.2) is 0 Å². The molecule has 0 amide bonds. The van der Waals surface area contributed by atoms with E-state index in [1.54, 1.807) is 0 Å². The van der Waals surface area contributed by atoms with Crippen molar-refractivity contribution in [3.05, 3.63) is 0 Å². The Balaban J connectivity index is 2.27. The van der Waals surface area contributed by atoms with E-state index in [9.17, 15) is 0 Å². The molecule has 0 spiro atoms. The van der Waals surface area contributed by atoms with E-state index in [4.69, 9.17) is 10.4 Å². The van der Waals surface area contributed by atoms with Gasteiger partial charge in [0, 0.05) is 39.3 Å². The van der Waals surface area contributed by atoms with Crippen molar-refractivity contribution < 1.29 is 5.11 Å². The number of hydrogen-bond acceptors (Lipinski definition) is 4. The molecule has 15 heavy (non-hydrogen) atoms. The molecule has 1 saturated heterocycles. The van der Waals surface area contributed by atoms with Crippen molar-refractivity contribution in [3.8, 4) is 6.07 Å². The summed E-state index contributed by atoms with van der Waals surface area (Å²) < 4.78 is 0. The van der Waals surface area contributed by atoms with Crippen LogP contribution in [-0.2, 0) is 0 Å². The zero-order valence-corrected chi connectivity index (χ0v) is 9.69.